The summed E-state index contributed by atoms with van der Waals surface area (Å²) in [4.78, 5) is 15.7. The molecule has 0 radical (unpaired) electrons. The molecule has 2 rings (SSSR count). The fourth-order valence-corrected chi connectivity index (χ4v) is 2.66. The molecule has 0 amide bonds. The van der Waals surface area contributed by atoms with Crippen LogP contribution in [-0.2, 0) is 4.74 Å². The Morgan fingerprint density at radius 1 is 1.53 bits per heavy atom. The van der Waals surface area contributed by atoms with Crippen LogP contribution in [0.1, 0.15) is 23.0 Å². The Hall–Kier alpha value is -1.15. The molecule has 0 unspecified atom stereocenters. The Morgan fingerprint density at radius 2 is 2.32 bits per heavy atom. The normalized spacial score (nSPS) is 10.3. The summed E-state index contributed by atoms with van der Waals surface area (Å²) in [6, 6.07) is 6.14. The number of rotatable bonds is 4. The Kier molecular flexibility index (Phi) is 4.76. The number of esters is 1. The van der Waals surface area contributed by atoms with E-state index in [2.05, 4.69) is 32.9 Å². The maximum absolute atomic E-state index is 11.5. The number of aromatic nitrogens is 1. The molecular formula is C13H13IN2O2S. The summed E-state index contributed by atoms with van der Waals surface area (Å²) < 4.78 is 6.06. The molecule has 4 nitrogen and oxygen atoms in total. The summed E-state index contributed by atoms with van der Waals surface area (Å²) in [5.74, 6) is -0.383. The second kappa shape index (κ2) is 6.33. The lowest BCUT2D eigenvalue weighted by Crippen LogP contribution is -2.05. The number of carbonyl (C=O) groups excluding carboxylic acids is 1. The van der Waals surface area contributed by atoms with E-state index in [4.69, 9.17) is 4.74 Å². The number of nitrogens with zero attached hydrogens (tertiary/aromatic N) is 1. The predicted molar refractivity (Wildman–Crippen MR) is 85.2 cm³/mol. The molecule has 0 fully saturated rings. The van der Waals surface area contributed by atoms with Crippen molar-refractivity contribution in [3.05, 3.63) is 38.4 Å². The van der Waals surface area contributed by atoms with E-state index < -0.39 is 0 Å². The second-order valence-electron chi connectivity index (χ2n) is 3.84. The van der Waals surface area contributed by atoms with E-state index in [0.29, 0.717) is 17.4 Å². The van der Waals surface area contributed by atoms with Gasteiger partial charge in [0.2, 0.25) is 0 Å². The minimum Gasteiger partial charge on any atom is -0.461 e. The molecule has 19 heavy (non-hydrogen) atoms. The van der Waals surface area contributed by atoms with Crippen molar-refractivity contribution in [3.63, 3.8) is 0 Å². The zero-order valence-electron chi connectivity index (χ0n) is 10.6. The van der Waals surface area contributed by atoms with Gasteiger partial charge in [-0.15, -0.1) is 11.3 Å². The molecule has 0 saturated heterocycles. The molecule has 6 heteroatoms. The lowest BCUT2D eigenvalue weighted by molar-refractivity contribution is 0.0520. The van der Waals surface area contributed by atoms with E-state index in [-0.39, 0.29) is 5.97 Å². The average Bonchev–Trinajstić information content (AvgIpc) is 2.83. The van der Waals surface area contributed by atoms with Crippen molar-refractivity contribution in [2.75, 3.05) is 11.9 Å². The number of carbonyl (C=O) groups is 1. The Bertz CT molecular complexity index is 598. The summed E-state index contributed by atoms with van der Waals surface area (Å²) in [6.07, 6.45) is 0. The molecule has 0 spiro atoms. The smallest absolute Gasteiger partial charge is 0.357 e. The molecule has 0 aliphatic heterocycles. The van der Waals surface area contributed by atoms with Gasteiger partial charge >= 0.3 is 5.97 Å². The van der Waals surface area contributed by atoms with Crippen molar-refractivity contribution in [1.29, 1.82) is 0 Å². The summed E-state index contributed by atoms with van der Waals surface area (Å²) in [5, 5.41) is 5.61. The van der Waals surface area contributed by atoms with Crippen LogP contribution < -0.4 is 5.32 Å². The molecule has 0 saturated carbocycles. The van der Waals surface area contributed by atoms with Crippen molar-refractivity contribution < 1.29 is 9.53 Å². The molecule has 0 aliphatic carbocycles. The molecule has 1 N–H and O–H groups in total. The Balaban J connectivity index is 2.15. The largest absolute Gasteiger partial charge is 0.461 e. The van der Waals surface area contributed by atoms with Crippen LogP contribution in [-0.4, -0.2) is 17.6 Å². The van der Waals surface area contributed by atoms with Gasteiger partial charge in [0.15, 0.2) is 10.8 Å². The van der Waals surface area contributed by atoms with Crippen LogP contribution in [0.5, 0.6) is 0 Å². The first kappa shape index (κ1) is 14.3. The number of ether oxygens (including phenoxy) is 1. The van der Waals surface area contributed by atoms with Gasteiger partial charge in [0.1, 0.15) is 0 Å². The van der Waals surface area contributed by atoms with Crippen LogP contribution in [0.3, 0.4) is 0 Å². The second-order valence-corrected chi connectivity index (χ2v) is 5.95. The number of anilines is 2. The van der Waals surface area contributed by atoms with Gasteiger partial charge in [0.05, 0.1) is 6.61 Å². The number of hydrogen-bond acceptors (Lipinski definition) is 5. The van der Waals surface area contributed by atoms with Crippen LogP contribution in [0.15, 0.2) is 23.6 Å². The first-order valence-electron chi connectivity index (χ1n) is 5.76. The lowest BCUT2D eigenvalue weighted by Gasteiger charge is -2.06. The average molecular weight is 388 g/mol. The molecule has 0 atom stereocenters. The third-order valence-corrected chi connectivity index (χ3v) is 3.86. The van der Waals surface area contributed by atoms with E-state index in [1.807, 2.05) is 25.1 Å². The van der Waals surface area contributed by atoms with Crippen LogP contribution in [0.25, 0.3) is 0 Å². The number of benzene rings is 1. The van der Waals surface area contributed by atoms with Crippen LogP contribution in [0, 0.1) is 10.5 Å². The molecule has 0 bridgehead atoms. The fourth-order valence-electron chi connectivity index (χ4n) is 1.47. The maximum Gasteiger partial charge on any atom is 0.357 e. The maximum atomic E-state index is 11.5. The monoisotopic (exact) mass is 388 g/mol. The van der Waals surface area contributed by atoms with Gasteiger partial charge in [-0.3, -0.25) is 0 Å². The minimum atomic E-state index is -0.383. The first-order valence-corrected chi connectivity index (χ1v) is 7.72. The van der Waals surface area contributed by atoms with E-state index in [1.54, 1.807) is 12.3 Å². The van der Waals surface area contributed by atoms with Gasteiger partial charge in [-0.2, -0.15) is 0 Å². The van der Waals surface area contributed by atoms with Gasteiger partial charge < -0.3 is 10.1 Å². The first-order chi connectivity index (χ1) is 9.10. The molecular weight excluding hydrogens is 375 g/mol. The van der Waals surface area contributed by atoms with Crippen LogP contribution >= 0.6 is 33.9 Å². The predicted octanol–water partition coefficient (Wildman–Crippen LogP) is 3.98. The molecule has 1 heterocycles. The third-order valence-electron chi connectivity index (χ3n) is 2.43. The van der Waals surface area contributed by atoms with Crippen molar-refractivity contribution in [2.45, 2.75) is 13.8 Å². The highest BCUT2D eigenvalue weighted by Crippen LogP contribution is 2.25. The fraction of sp³-hybridized carbons (Fsp3) is 0.231. The SMILES string of the molecule is CCOC(=O)c1csc(Nc2cc(I)ccc2C)n1. The number of nitrogens with one attached hydrogen (secondary N) is 1. The Morgan fingerprint density at radius 3 is 3.05 bits per heavy atom. The van der Waals surface area contributed by atoms with Crippen molar-refractivity contribution in [3.8, 4) is 0 Å². The molecule has 2 aromatic rings. The van der Waals surface area contributed by atoms with Crippen molar-refractivity contribution in [2.24, 2.45) is 0 Å². The number of thiazole rings is 1. The summed E-state index contributed by atoms with van der Waals surface area (Å²) >= 11 is 3.65. The Labute approximate surface area is 129 Å². The highest BCUT2D eigenvalue weighted by molar-refractivity contribution is 14.1. The zero-order chi connectivity index (χ0) is 13.8. The summed E-state index contributed by atoms with van der Waals surface area (Å²) in [6.45, 7) is 4.16. The van der Waals surface area contributed by atoms with Crippen molar-refractivity contribution >= 4 is 50.7 Å². The number of hydrogen-bond donors (Lipinski definition) is 1. The van der Waals surface area contributed by atoms with E-state index in [1.165, 1.54) is 11.3 Å². The molecule has 0 aliphatic rings. The lowest BCUT2D eigenvalue weighted by atomic mass is 10.2. The number of aryl methyl sites for hydroxylation is 1. The van der Waals surface area contributed by atoms with Gasteiger partial charge in [-0.25, -0.2) is 9.78 Å². The molecule has 1 aromatic heterocycles. The van der Waals surface area contributed by atoms with Crippen LogP contribution in [0.4, 0.5) is 10.8 Å². The standard InChI is InChI=1S/C13H13IN2O2S/c1-3-18-12(17)11-7-19-13(16-11)15-10-6-9(14)5-4-8(10)2/h4-7H,3H2,1-2H3,(H,15,16). The third kappa shape index (κ3) is 3.66. The zero-order valence-corrected chi connectivity index (χ0v) is 13.5. The number of halogens is 1. The van der Waals surface area contributed by atoms with Gasteiger partial charge in [0.25, 0.3) is 0 Å². The highest BCUT2D eigenvalue weighted by Gasteiger charge is 2.12. The minimum absolute atomic E-state index is 0.345. The van der Waals surface area contributed by atoms with E-state index in [0.717, 1.165) is 14.8 Å². The highest BCUT2D eigenvalue weighted by atomic mass is 127. The van der Waals surface area contributed by atoms with Crippen LogP contribution in [0.2, 0.25) is 0 Å². The van der Waals surface area contributed by atoms with Gasteiger partial charge in [0, 0.05) is 14.6 Å². The summed E-state index contributed by atoms with van der Waals surface area (Å²) in [5.41, 5.74) is 2.47. The van der Waals surface area contributed by atoms with Gasteiger partial charge in [-0.05, 0) is 54.1 Å². The summed E-state index contributed by atoms with van der Waals surface area (Å²) in [7, 11) is 0. The van der Waals surface area contributed by atoms with Gasteiger partial charge in [-0.1, -0.05) is 6.07 Å². The van der Waals surface area contributed by atoms with E-state index in [9.17, 15) is 4.79 Å². The van der Waals surface area contributed by atoms with Crippen molar-refractivity contribution in [1.82, 2.24) is 4.98 Å². The quantitative estimate of drug-likeness (QED) is 0.636. The topological polar surface area (TPSA) is 51.2 Å². The molecule has 1 aromatic carbocycles. The molecule has 100 valence electrons. The van der Waals surface area contributed by atoms with E-state index >= 15 is 0 Å².